The van der Waals surface area contributed by atoms with E-state index >= 15 is 0 Å². The van der Waals surface area contributed by atoms with Crippen molar-refractivity contribution in [2.24, 2.45) is 10.1 Å². The third-order valence-electron chi connectivity index (χ3n) is 2.06. The lowest BCUT2D eigenvalue weighted by atomic mass is 10.0. The van der Waals surface area contributed by atoms with Crippen molar-refractivity contribution in [2.45, 2.75) is 6.42 Å². The number of hydrogen-bond donors (Lipinski definition) is 1. The maximum absolute atomic E-state index is 8.80. The Hall–Kier alpha value is -1.90. The Morgan fingerprint density at radius 1 is 1.21 bits per heavy atom. The van der Waals surface area contributed by atoms with Crippen LogP contribution < -0.4 is 0 Å². The van der Waals surface area contributed by atoms with Crippen LogP contribution in [0.5, 0.6) is 0 Å². The molecule has 1 aliphatic heterocycles. The van der Waals surface area contributed by atoms with E-state index < -0.39 is 0 Å². The molecule has 1 aliphatic rings. The van der Waals surface area contributed by atoms with Crippen molar-refractivity contribution in [3.8, 4) is 0 Å². The topological polar surface area (TPSA) is 45.0 Å². The van der Waals surface area contributed by atoms with Gasteiger partial charge in [-0.25, -0.2) is 0 Å². The van der Waals surface area contributed by atoms with Crippen LogP contribution in [0.25, 0.3) is 0 Å². The highest BCUT2D eigenvalue weighted by Crippen LogP contribution is 2.09. The van der Waals surface area contributed by atoms with Gasteiger partial charge in [-0.05, 0) is 0 Å². The van der Waals surface area contributed by atoms with Gasteiger partial charge >= 0.3 is 0 Å². The molecule has 0 aliphatic carbocycles. The second kappa shape index (κ2) is 3.87. The summed E-state index contributed by atoms with van der Waals surface area (Å²) in [6, 6.07) is 9.71. The third-order valence-corrected chi connectivity index (χ3v) is 2.06. The van der Waals surface area contributed by atoms with Crippen molar-refractivity contribution in [3.63, 3.8) is 0 Å². The number of nitrogens with zero attached hydrogens (tertiary/aromatic N) is 2. The molecule has 1 aromatic carbocycles. The van der Waals surface area contributed by atoms with Gasteiger partial charge in [0.2, 0.25) is 0 Å². The number of aliphatic imine (C=N–C) groups is 1. The first kappa shape index (κ1) is 8.69. The van der Waals surface area contributed by atoms with Crippen LogP contribution in [0.2, 0.25) is 0 Å². The molecule has 1 heterocycles. The predicted octanol–water partition coefficient (Wildman–Crippen LogP) is 2.22. The zero-order valence-corrected chi connectivity index (χ0v) is 7.59. The lowest BCUT2D eigenvalue weighted by Gasteiger charge is -2.08. The zero-order valence-electron chi connectivity index (χ0n) is 7.59. The summed E-state index contributed by atoms with van der Waals surface area (Å²) in [5, 5.41) is 12.0. The molecule has 2 rings (SSSR count). The number of rotatable bonds is 1. The second-order valence-corrected chi connectivity index (χ2v) is 2.98. The molecular weight excluding hydrogens is 176 g/mol. The second-order valence-electron chi connectivity index (χ2n) is 2.98. The van der Waals surface area contributed by atoms with Crippen molar-refractivity contribution < 1.29 is 5.21 Å². The molecule has 0 aromatic heterocycles. The van der Waals surface area contributed by atoms with E-state index in [1.54, 1.807) is 6.20 Å². The van der Waals surface area contributed by atoms with Gasteiger partial charge < -0.3 is 5.21 Å². The molecule has 0 saturated heterocycles. The predicted molar refractivity (Wildman–Crippen MR) is 56.0 cm³/mol. The van der Waals surface area contributed by atoms with Crippen molar-refractivity contribution in [1.82, 2.24) is 0 Å². The van der Waals surface area contributed by atoms with Crippen molar-refractivity contribution in [2.75, 3.05) is 0 Å². The highest BCUT2D eigenvalue weighted by molar-refractivity contribution is 6.49. The summed E-state index contributed by atoms with van der Waals surface area (Å²) in [7, 11) is 0. The smallest absolute Gasteiger partial charge is 0.110 e. The van der Waals surface area contributed by atoms with Crippen LogP contribution in [0.3, 0.4) is 0 Å². The van der Waals surface area contributed by atoms with Gasteiger partial charge in [0.25, 0.3) is 0 Å². The van der Waals surface area contributed by atoms with E-state index in [0.29, 0.717) is 12.1 Å². The van der Waals surface area contributed by atoms with E-state index in [1.165, 1.54) is 0 Å². The first-order chi connectivity index (χ1) is 6.92. The van der Waals surface area contributed by atoms with Crippen LogP contribution in [0.4, 0.5) is 0 Å². The van der Waals surface area contributed by atoms with Crippen molar-refractivity contribution >= 4 is 11.4 Å². The minimum absolute atomic E-state index is 0.610. The molecule has 0 saturated carbocycles. The molecule has 70 valence electrons. The van der Waals surface area contributed by atoms with Crippen LogP contribution in [0.1, 0.15) is 12.0 Å². The van der Waals surface area contributed by atoms with Crippen LogP contribution in [-0.2, 0) is 0 Å². The lowest BCUT2D eigenvalue weighted by molar-refractivity contribution is 0.319. The summed E-state index contributed by atoms with van der Waals surface area (Å²) in [5.74, 6) is 0. The van der Waals surface area contributed by atoms with E-state index in [4.69, 9.17) is 5.21 Å². The zero-order chi connectivity index (χ0) is 9.80. The third kappa shape index (κ3) is 1.57. The molecule has 0 atom stereocenters. The van der Waals surface area contributed by atoms with Gasteiger partial charge in [0.1, 0.15) is 5.71 Å². The Morgan fingerprint density at radius 2 is 2.00 bits per heavy atom. The molecule has 0 spiro atoms. The van der Waals surface area contributed by atoms with Gasteiger partial charge in [0.15, 0.2) is 0 Å². The van der Waals surface area contributed by atoms with Gasteiger partial charge in [-0.2, -0.15) is 0 Å². The summed E-state index contributed by atoms with van der Waals surface area (Å²) < 4.78 is 0. The van der Waals surface area contributed by atoms with Crippen LogP contribution >= 0.6 is 0 Å². The summed E-state index contributed by atoms with van der Waals surface area (Å²) in [6.45, 7) is 0. The number of oxime groups is 1. The average Bonchev–Trinajstić information content (AvgIpc) is 2.30. The van der Waals surface area contributed by atoms with E-state index in [1.807, 2.05) is 36.4 Å². The average molecular weight is 186 g/mol. The molecule has 0 unspecified atom stereocenters. The fraction of sp³-hybridized carbons (Fsp3) is 0.0909. The number of allylic oxidation sites excluding steroid dienone is 1. The Kier molecular flexibility index (Phi) is 2.40. The molecule has 0 amide bonds. The first-order valence-corrected chi connectivity index (χ1v) is 4.41. The molecule has 14 heavy (non-hydrogen) atoms. The summed E-state index contributed by atoms with van der Waals surface area (Å²) >= 11 is 0. The van der Waals surface area contributed by atoms with Gasteiger partial charge in [0.05, 0.1) is 5.71 Å². The fourth-order valence-corrected chi connectivity index (χ4v) is 1.39. The monoisotopic (exact) mass is 186 g/mol. The molecular formula is C11H10N2O. The normalized spacial score (nSPS) is 18.3. The largest absolute Gasteiger partial charge is 0.411 e. The van der Waals surface area contributed by atoms with Crippen LogP contribution in [0.15, 0.2) is 52.8 Å². The Morgan fingerprint density at radius 3 is 2.71 bits per heavy atom. The van der Waals surface area contributed by atoms with Crippen molar-refractivity contribution in [1.29, 1.82) is 0 Å². The highest BCUT2D eigenvalue weighted by Gasteiger charge is 2.12. The van der Waals surface area contributed by atoms with E-state index in [9.17, 15) is 0 Å². The SMILES string of the molecule is ON=C1CC=CN=C1c1ccccc1. The summed E-state index contributed by atoms with van der Waals surface area (Å²) in [5.41, 5.74) is 2.33. The maximum Gasteiger partial charge on any atom is 0.110 e. The Labute approximate surface area is 82.1 Å². The quantitative estimate of drug-likeness (QED) is 0.530. The van der Waals surface area contributed by atoms with E-state index in [2.05, 4.69) is 10.1 Å². The molecule has 1 aromatic rings. The first-order valence-electron chi connectivity index (χ1n) is 4.41. The van der Waals surface area contributed by atoms with Gasteiger partial charge in [0, 0.05) is 18.2 Å². The number of hydrogen-bond acceptors (Lipinski definition) is 3. The minimum atomic E-state index is 0.610. The fourth-order valence-electron chi connectivity index (χ4n) is 1.39. The molecule has 0 bridgehead atoms. The van der Waals surface area contributed by atoms with Gasteiger partial charge in [-0.3, -0.25) is 4.99 Å². The molecule has 0 fully saturated rings. The minimum Gasteiger partial charge on any atom is -0.411 e. The van der Waals surface area contributed by atoms with E-state index in [0.717, 1.165) is 11.3 Å². The van der Waals surface area contributed by atoms with Crippen LogP contribution in [0, 0.1) is 0 Å². The lowest BCUT2D eigenvalue weighted by Crippen LogP contribution is -2.16. The summed E-state index contributed by atoms with van der Waals surface area (Å²) in [4.78, 5) is 4.20. The molecule has 3 heteroatoms. The highest BCUT2D eigenvalue weighted by atomic mass is 16.4. The standard InChI is InChI=1S/C11H10N2O/c14-13-10-7-4-8-12-11(10)9-5-2-1-3-6-9/h1-6,8,14H,7H2. The van der Waals surface area contributed by atoms with Crippen LogP contribution in [-0.4, -0.2) is 16.6 Å². The Balaban J connectivity index is 2.43. The number of benzene rings is 1. The maximum atomic E-state index is 8.80. The van der Waals surface area contributed by atoms with Gasteiger partial charge in [-0.15, -0.1) is 0 Å². The van der Waals surface area contributed by atoms with Gasteiger partial charge in [-0.1, -0.05) is 41.6 Å². The van der Waals surface area contributed by atoms with Crippen molar-refractivity contribution in [3.05, 3.63) is 48.2 Å². The Bertz CT molecular complexity index is 405. The summed E-state index contributed by atoms with van der Waals surface area (Å²) in [6.07, 6.45) is 4.22. The molecule has 3 nitrogen and oxygen atoms in total. The van der Waals surface area contributed by atoms with E-state index in [-0.39, 0.29) is 0 Å². The molecule has 0 radical (unpaired) electrons. The molecule has 1 N–H and O–H groups in total.